The summed E-state index contributed by atoms with van der Waals surface area (Å²) in [5.41, 5.74) is 0.475. The number of aryl methyl sites for hydroxylation is 1. The van der Waals surface area contributed by atoms with Gasteiger partial charge < -0.3 is 4.90 Å². The molecule has 1 atom stereocenters. The third-order valence-electron chi connectivity index (χ3n) is 6.45. The topological polar surface area (TPSA) is 24.3 Å². The van der Waals surface area contributed by atoms with Crippen LogP contribution in [0.4, 0.5) is 8.78 Å². The number of rotatable bonds is 7. The third-order valence-corrected chi connectivity index (χ3v) is 6.45. The van der Waals surface area contributed by atoms with Gasteiger partial charge in [-0.2, -0.15) is 5.10 Å². The summed E-state index contributed by atoms with van der Waals surface area (Å²) in [6.07, 6.45) is 8.64. The number of piperidine rings is 1. The lowest BCUT2D eigenvalue weighted by Crippen LogP contribution is -2.36. The minimum atomic E-state index is -0.744. The number of benzene rings is 1. The van der Waals surface area contributed by atoms with E-state index in [4.69, 9.17) is 0 Å². The smallest absolute Gasteiger partial charge is 0.163 e. The third kappa shape index (κ3) is 4.78. The molecule has 4 nitrogen and oxygen atoms in total. The molecule has 6 heteroatoms. The Kier molecular flexibility index (Phi) is 6.37. The summed E-state index contributed by atoms with van der Waals surface area (Å²) in [6, 6.07) is 6.45. The molecule has 1 aromatic carbocycles. The summed E-state index contributed by atoms with van der Waals surface area (Å²) in [5, 5.41) is 4.27. The molecule has 0 spiro atoms. The van der Waals surface area contributed by atoms with Crippen LogP contribution in [0.3, 0.4) is 0 Å². The van der Waals surface area contributed by atoms with Gasteiger partial charge in [0.25, 0.3) is 0 Å². The van der Waals surface area contributed by atoms with Crippen molar-refractivity contribution in [2.45, 2.75) is 38.8 Å². The Morgan fingerprint density at radius 3 is 2.50 bits per heavy atom. The fourth-order valence-corrected chi connectivity index (χ4v) is 4.83. The molecule has 0 unspecified atom stereocenters. The molecule has 0 saturated carbocycles. The molecule has 28 heavy (non-hydrogen) atoms. The van der Waals surface area contributed by atoms with Crippen molar-refractivity contribution in [3.05, 3.63) is 53.9 Å². The maximum atomic E-state index is 13.9. The van der Waals surface area contributed by atoms with Crippen LogP contribution in [0.2, 0.25) is 0 Å². The van der Waals surface area contributed by atoms with Gasteiger partial charge in [0.15, 0.2) is 11.6 Å². The van der Waals surface area contributed by atoms with E-state index in [0.29, 0.717) is 12.1 Å². The van der Waals surface area contributed by atoms with Gasteiger partial charge in [0.1, 0.15) is 0 Å². The molecular weight excluding hydrogens is 358 g/mol. The molecule has 0 bridgehead atoms. The van der Waals surface area contributed by atoms with Crippen LogP contribution in [0.1, 0.15) is 31.2 Å². The van der Waals surface area contributed by atoms with Gasteiger partial charge in [0.05, 0.1) is 0 Å². The summed E-state index contributed by atoms with van der Waals surface area (Å²) in [4.78, 5) is 4.87. The average Bonchev–Trinajstić information content (AvgIpc) is 3.38. The number of likely N-dealkylation sites (tertiary alicyclic amines) is 2. The monoisotopic (exact) mass is 388 g/mol. The van der Waals surface area contributed by atoms with E-state index in [1.54, 1.807) is 12.1 Å². The minimum absolute atomic E-state index is 0.475. The van der Waals surface area contributed by atoms with Crippen LogP contribution >= 0.6 is 0 Å². The maximum absolute atomic E-state index is 13.9. The number of hydrogen-bond acceptors (Lipinski definition) is 3. The SMILES string of the molecule is Fc1cccc(CN2CCC([C@@H]3CCN(CCCn4cccn4)C3)CC2)c1F. The molecule has 2 aromatic rings. The van der Waals surface area contributed by atoms with Crippen LogP contribution in [-0.4, -0.2) is 52.3 Å². The maximum Gasteiger partial charge on any atom is 0.163 e. The highest BCUT2D eigenvalue weighted by molar-refractivity contribution is 5.18. The second-order valence-electron chi connectivity index (χ2n) is 8.30. The molecule has 2 aliphatic heterocycles. The first kappa shape index (κ1) is 19.5. The normalized spacial score (nSPS) is 22.1. The second-order valence-corrected chi connectivity index (χ2v) is 8.30. The summed E-state index contributed by atoms with van der Waals surface area (Å²) in [7, 11) is 0. The van der Waals surface area contributed by atoms with E-state index in [1.165, 1.54) is 38.4 Å². The lowest BCUT2D eigenvalue weighted by Gasteiger charge is -2.35. The molecule has 2 fully saturated rings. The highest BCUT2D eigenvalue weighted by atomic mass is 19.2. The summed E-state index contributed by atoms with van der Waals surface area (Å²) in [5.74, 6) is 0.125. The van der Waals surface area contributed by atoms with E-state index < -0.39 is 11.6 Å². The van der Waals surface area contributed by atoms with E-state index in [1.807, 2.05) is 23.1 Å². The Morgan fingerprint density at radius 1 is 0.929 bits per heavy atom. The number of nitrogens with zero attached hydrogens (tertiary/aromatic N) is 4. The molecule has 152 valence electrons. The van der Waals surface area contributed by atoms with Crippen LogP contribution in [-0.2, 0) is 13.1 Å². The van der Waals surface area contributed by atoms with Crippen molar-refractivity contribution in [3.8, 4) is 0 Å². The van der Waals surface area contributed by atoms with Crippen molar-refractivity contribution < 1.29 is 8.78 Å². The van der Waals surface area contributed by atoms with Crippen molar-refractivity contribution in [2.75, 3.05) is 32.7 Å². The molecule has 2 saturated heterocycles. The van der Waals surface area contributed by atoms with E-state index in [9.17, 15) is 8.78 Å². The first-order valence-electron chi connectivity index (χ1n) is 10.5. The molecule has 0 radical (unpaired) electrons. The van der Waals surface area contributed by atoms with Gasteiger partial charge in [-0.3, -0.25) is 9.58 Å². The molecule has 2 aliphatic rings. The van der Waals surface area contributed by atoms with Crippen molar-refractivity contribution in [3.63, 3.8) is 0 Å². The van der Waals surface area contributed by atoms with Gasteiger partial charge in [-0.15, -0.1) is 0 Å². The zero-order chi connectivity index (χ0) is 19.3. The van der Waals surface area contributed by atoms with Crippen molar-refractivity contribution in [2.24, 2.45) is 11.8 Å². The van der Waals surface area contributed by atoms with E-state index >= 15 is 0 Å². The Labute approximate surface area is 166 Å². The fraction of sp³-hybridized carbons (Fsp3) is 0.591. The van der Waals surface area contributed by atoms with Gasteiger partial charge in [-0.1, -0.05) is 12.1 Å². The molecule has 0 N–H and O–H groups in total. The summed E-state index contributed by atoms with van der Waals surface area (Å²) < 4.78 is 29.3. The summed E-state index contributed by atoms with van der Waals surface area (Å²) in [6.45, 7) is 7.03. The second kappa shape index (κ2) is 9.14. The van der Waals surface area contributed by atoms with Crippen LogP contribution in [0.15, 0.2) is 36.7 Å². The van der Waals surface area contributed by atoms with E-state index in [-0.39, 0.29) is 0 Å². The molecule has 0 amide bonds. The Morgan fingerprint density at radius 2 is 1.71 bits per heavy atom. The van der Waals surface area contributed by atoms with Crippen LogP contribution in [0, 0.1) is 23.5 Å². The standard InChI is InChI=1S/C22H30F2N4/c23-21-5-1-4-20(22(21)24)17-27-13-6-18(7-14-27)19-8-15-26(16-19)10-3-12-28-11-2-9-25-28/h1-2,4-5,9,11,18-19H,3,6-8,10,12-17H2/t19-/m1/s1. The van der Waals surface area contributed by atoms with Gasteiger partial charge in [0.2, 0.25) is 0 Å². The predicted molar refractivity (Wildman–Crippen MR) is 106 cm³/mol. The first-order chi connectivity index (χ1) is 13.7. The van der Waals surface area contributed by atoms with Crippen LogP contribution < -0.4 is 0 Å². The van der Waals surface area contributed by atoms with Crippen molar-refractivity contribution in [1.29, 1.82) is 0 Å². The molecule has 1 aromatic heterocycles. The average molecular weight is 389 g/mol. The van der Waals surface area contributed by atoms with Gasteiger partial charge >= 0.3 is 0 Å². The Hall–Kier alpha value is -1.79. The number of hydrogen-bond donors (Lipinski definition) is 0. The zero-order valence-electron chi connectivity index (χ0n) is 16.4. The quantitative estimate of drug-likeness (QED) is 0.721. The predicted octanol–water partition coefficient (Wildman–Crippen LogP) is 3.79. The highest BCUT2D eigenvalue weighted by Crippen LogP contribution is 2.32. The molecule has 4 rings (SSSR count). The number of aromatic nitrogens is 2. The van der Waals surface area contributed by atoms with Gasteiger partial charge in [0, 0.05) is 37.6 Å². The van der Waals surface area contributed by atoms with Crippen LogP contribution in [0.5, 0.6) is 0 Å². The van der Waals surface area contributed by atoms with Gasteiger partial charge in [-0.25, -0.2) is 8.78 Å². The lowest BCUT2D eigenvalue weighted by atomic mass is 9.83. The minimum Gasteiger partial charge on any atom is -0.303 e. The fourth-order valence-electron chi connectivity index (χ4n) is 4.83. The Balaban J connectivity index is 1.18. The highest BCUT2D eigenvalue weighted by Gasteiger charge is 2.31. The van der Waals surface area contributed by atoms with Crippen LogP contribution in [0.25, 0.3) is 0 Å². The summed E-state index contributed by atoms with van der Waals surface area (Å²) >= 11 is 0. The molecule has 0 aliphatic carbocycles. The van der Waals surface area contributed by atoms with Crippen molar-refractivity contribution in [1.82, 2.24) is 19.6 Å². The first-order valence-corrected chi connectivity index (χ1v) is 10.5. The zero-order valence-corrected chi connectivity index (χ0v) is 16.4. The van der Waals surface area contributed by atoms with Crippen molar-refractivity contribution >= 4 is 0 Å². The largest absolute Gasteiger partial charge is 0.303 e. The van der Waals surface area contributed by atoms with E-state index in [0.717, 1.165) is 44.4 Å². The molecule has 3 heterocycles. The van der Waals surface area contributed by atoms with E-state index in [2.05, 4.69) is 14.9 Å². The molecular formula is C22H30F2N4. The van der Waals surface area contributed by atoms with Gasteiger partial charge in [-0.05, 0) is 75.8 Å². The Bertz CT molecular complexity index is 741. The number of halogens is 2. The lowest BCUT2D eigenvalue weighted by molar-refractivity contribution is 0.140.